The fraction of sp³-hybridized carbons (Fsp3) is 0.118. The van der Waals surface area contributed by atoms with Crippen LogP contribution in [0.3, 0.4) is 0 Å². The Morgan fingerprint density at radius 3 is 2.23 bits per heavy atom. The van der Waals surface area contributed by atoms with Crippen LogP contribution in [0.15, 0.2) is 65.4 Å². The van der Waals surface area contributed by atoms with E-state index < -0.39 is 21.7 Å². The maximum atomic E-state index is 12.9. The van der Waals surface area contributed by atoms with Gasteiger partial charge in [0.25, 0.3) is 15.9 Å². The first-order chi connectivity index (χ1) is 12.4. The van der Waals surface area contributed by atoms with E-state index in [2.05, 4.69) is 10.0 Å². The third-order valence-corrected chi connectivity index (χ3v) is 4.79. The van der Waals surface area contributed by atoms with Crippen LogP contribution in [0.2, 0.25) is 0 Å². The summed E-state index contributed by atoms with van der Waals surface area (Å²) in [6, 6.07) is 10.5. The number of benzene rings is 2. The van der Waals surface area contributed by atoms with Gasteiger partial charge in [-0.25, -0.2) is 12.8 Å². The average Bonchev–Trinajstić information content (AvgIpc) is 2.64. The van der Waals surface area contributed by atoms with Crippen LogP contribution in [0, 0.1) is 5.82 Å². The number of carbonyl (C=O) groups excluding carboxylic acids is 1. The molecule has 2 N–H and O–H groups in total. The molecule has 0 aliphatic carbocycles. The van der Waals surface area contributed by atoms with E-state index in [1.807, 2.05) is 0 Å². The molecule has 0 atom stereocenters. The first-order valence-corrected chi connectivity index (χ1v) is 9.07. The molecule has 0 unspecified atom stereocenters. The highest BCUT2D eigenvalue weighted by Gasteiger charge is 2.16. The van der Waals surface area contributed by atoms with E-state index in [0.29, 0.717) is 24.6 Å². The molecule has 0 saturated carbocycles. The van der Waals surface area contributed by atoms with Gasteiger partial charge in [0.1, 0.15) is 25.3 Å². The molecule has 0 radical (unpaired) electrons. The number of rotatable bonds is 5. The molecule has 2 aromatic rings. The minimum Gasteiger partial charge on any atom is -0.494 e. The Morgan fingerprint density at radius 1 is 0.962 bits per heavy atom. The van der Waals surface area contributed by atoms with Gasteiger partial charge in [0.05, 0.1) is 4.90 Å². The van der Waals surface area contributed by atoms with E-state index in [-0.39, 0.29) is 10.7 Å². The standard InChI is InChI=1S/C17H15FN2O5S/c18-12-1-7-15(8-2-12)26(22,23)20-14-5-3-13(4-6-14)19-17(21)16-11-24-9-10-25-16/h1-8,11,20H,9-10H2,(H,19,21). The van der Waals surface area contributed by atoms with Crippen molar-refractivity contribution in [3.8, 4) is 0 Å². The van der Waals surface area contributed by atoms with Crippen molar-refractivity contribution >= 4 is 27.3 Å². The fourth-order valence-corrected chi connectivity index (χ4v) is 3.19. The topological polar surface area (TPSA) is 93.7 Å². The second-order valence-electron chi connectivity index (χ2n) is 5.29. The number of hydrogen-bond donors (Lipinski definition) is 2. The van der Waals surface area contributed by atoms with Gasteiger partial charge in [-0.3, -0.25) is 9.52 Å². The Balaban J connectivity index is 1.66. The number of anilines is 2. The molecule has 1 aliphatic heterocycles. The molecule has 26 heavy (non-hydrogen) atoms. The number of amides is 1. The molecule has 3 rings (SSSR count). The molecule has 1 aliphatic rings. The number of sulfonamides is 1. The normalized spacial score (nSPS) is 13.8. The Hall–Kier alpha value is -3.07. The summed E-state index contributed by atoms with van der Waals surface area (Å²) in [7, 11) is -3.83. The van der Waals surface area contributed by atoms with Crippen molar-refractivity contribution < 1.29 is 27.1 Å². The van der Waals surface area contributed by atoms with E-state index in [1.165, 1.54) is 42.7 Å². The first kappa shape index (κ1) is 17.7. The summed E-state index contributed by atoms with van der Waals surface area (Å²) >= 11 is 0. The molecule has 1 heterocycles. The summed E-state index contributed by atoms with van der Waals surface area (Å²) in [5, 5.41) is 2.61. The van der Waals surface area contributed by atoms with Crippen LogP contribution in [0.4, 0.5) is 15.8 Å². The summed E-state index contributed by atoms with van der Waals surface area (Å²) in [5.41, 5.74) is 0.749. The highest BCUT2D eigenvalue weighted by Crippen LogP contribution is 2.19. The molecule has 0 fully saturated rings. The molecular formula is C17H15FN2O5S. The maximum Gasteiger partial charge on any atom is 0.294 e. The van der Waals surface area contributed by atoms with Gasteiger partial charge in [0.15, 0.2) is 0 Å². The van der Waals surface area contributed by atoms with Gasteiger partial charge in [0.2, 0.25) is 5.76 Å². The van der Waals surface area contributed by atoms with Crippen LogP contribution in [-0.4, -0.2) is 27.5 Å². The number of ether oxygens (including phenoxy) is 2. The minimum absolute atomic E-state index is 0.0577. The molecule has 9 heteroatoms. The Bertz CT molecular complexity index is 925. The summed E-state index contributed by atoms with van der Waals surface area (Å²) in [4.78, 5) is 11.9. The van der Waals surface area contributed by atoms with Crippen molar-refractivity contribution in [2.45, 2.75) is 4.90 Å². The Labute approximate surface area is 149 Å². The first-order valence-electron chi connectivity index (χ1n) is 7.58. The van der Waals surface area contributed by atoms with Gasteiger partial charge in [-0.1, -0.05) is 0 Å². The van der Waals surface area contributed by atoms with Crippen molar-refractivity contribution in [3.63, 3.8) is 0 Å². The van der Waals surface area contributed by atoms with E-state index in [4.69, 9.17) is 9.47 Å². The van der Waals surface area contributed by atoms with E-state index in [1.54, 1.807) is 0 Å². The molecular weight excluding hydrogens is 363 g/mol. The van der Waals surface area contributed by atoms with Gasteiger partial charge in [-0.05, 0) is 48.5 Å². The fourth-order valence-electron chi connectivity index (χ4n) is 2.13. The van der Waals surface area contributed by atoms with Crippen molar-refractivity contribution in [1.82, 2.24) is 0 Å². The smallest absolute Gasteiger partial charge is 0.294 e. The van der Waals surface area contributed by atoms with E-state index >= 15 is 0 Å². The van der Waals surface area contributed by atoms with Gasteiger partial charge in [0, 0.05) is 11.4 Å². The second kappa shape index (κ2) is 7.44. The van der Waals surface area contributed by atoms with Crippen LogP contribution in [0.5, 0.6) is 0 Å². The predicted molar refractivity (Wildman–Crippen MR) is 92.3 cm³/mol. The zero-order chi connectivity index (χ0) is 18.6. The van der Waals surface area contributed by atoms with Gasteiger partial charge >= 0.3 is 0 Å². The highest BCUT2D eigenvalue weighted by atomic mass is 32.2. The van der Waals surface area contributed by atoms with Crippen molar-refractivity contribution in [1.29, 1.82) is 0 Å². The molecule has 0 saturated heterocycles. The number of halogens is 1. The number of carbonyl (C=O) groups is 1. The van der Waals surface area contributed by atoms with Gasteiger partial charge < -0.3 is 14.8 Å². The third-order valence-electron chi connectivity index (χ3n) is 3.39. The lowest BCUT2D eigenvalue weighted by Crippen LogP contribution is -2.21. The average molecular weight is 378 g/mol. The number of hydrogen-bond acceptors (Lipinski definition) is 5. The van der Waals surface area contributed by atoms with Crippen molar-refractivity contribution in [3.05, 3.63) is 66.4 Å². The monoisotopic (exact) mass is 378 g/mol. The summed E-state index contributed by atoms with van der Waals surface area (Å²) in [5.74, 6) is -0.923. The van der Waals surface area contributed by atoms with Crippen LogP contribution in [0.1, 0.15) is 0 Å². The molecule has 1 amide bonds. The SMILES string of the molecule is O=C(Nc1ccc(NS(=O)(=O)c2ccc(F)cc2)cc1)C1=COCCO1. The zero-order valence-electron chi connectivity index (χ0n) is 13.4. The largest absolute Gasteiger partial charge is 0.494 e. The predicted octanol–water partition coefficient (Wildman–Crippen LogP) is 2.45. The minimum atomic E-state index is -3.83. The van der Waals surface area contributed by atoms with Crippen molar-refractivity contribution in [2.24, 2.45) is 0 Å². The summed E-state index contributed by atoms with van der Waals surface area (Å²) in [6.07, 6.45) is 1.24. The van der Waals surface area contributed by atoms with Crippen LogP contribution < -0.4 is 10.0 Å². The van der Waals surface area contributed by atoms with Gasteiger partial charge in [-0.2, -0.15) is 0 Å². The Kier molecular flexibility index (Phi) is 5.08. The van der Waals surface area contributed by atoms with Crippen LogP contribution in [-0.2, 0) is 24.3 Å². The van der Waals surface area contributed by atoms with Gasteiger partial charge in [-0.15, -0.1) is 0 Å². The van der Waals surface area contributed by atoms with Crippen molar-refractivity contribution in [2.75, 3.05) is 23.3 Å². The van der Waals surface area contributed by atoms with Crippen LogP contribution >= 0.6 is 0 Å². The molecule has 136 valence electrons. The summed E-state index contributed by atoms with van der Waals surface area (Å²) in [6.45, 7) is 0.684. The third kappa shape index (κ3) is 4.31. The lowest BCUT2D eigenvalue weighted by atomic mass is 10.3. The quantitative estimate of drug-likeness (QED) is 0.834. The molecule has 7 nitrogen and oxygen atoms in total. The zero-order valence-corrected chi connectivity index (χ0v) is 14.3. The Morgan fingerprint density at radius 2 is 1.62 bits per heavy atom. The lowest BCUT2D eigenvalue weighted by Gasteiger charge is -2.15. The second-order valence-corrected chi connectivity index (χ2v) is 6.97. The van der Waals surface area contributed by atoms with E-state index in [0.717, 1.165) is 12.1 Å². The molecule has 0 bridgehead atoms. The molecule has 0 aromatic heterocycles. The highest BCUT2D eigenvalue weighted by molar-refractivity contribution is 7.92. The number of nitrogens with one attached hydrogen (secondary N) is 2. The van der Waals surface area contributed by atoms with E-state index in [9.17, 15) is 17.6 Å². The van der Waals surface area contributed by atoms with Crippen LogP contribution in [0.25, 0.3) is 0 Å². The molecule has 2 aromatic carbocycles. The lowest BCUT2D eigenvalue weighted by molar-refractivity contribution is -0.117. The molecule has 0 spiro atoms. The summed E-state index contributed by atoms with van der Waals surface area (Å²) < 4.78 is 50.0. The maximum absolute atomic E-state index is 12.9.